The van der Waals surface area contributed by atoms with Crippen molar-refractivity contribution in [1.82, 2.24) is 9.80 Å². The number of nitrogens with one attached hydrogen (secondary N) is 1. The number of amides is 3. The first-order valence-electron chi connectivity index (χ1n) is 8.91. The van der Waals surface area contributed by atoms with Crippen molar-refractivity contribution in [2.24, 2.45) is 5.92 Å². The van der Waals surface area contributed by atoms with Crippen LogP contribution in [-0.4, -0.2) is 55.0 Å². The molecule has 6 heteroatoms. The summed E-state index contributed by atoms with van der Waals surface area (Å²) in [5.41, 5.74) is 1.12. The Morgan fingerprint density at radius 3 is 2.68 bits per heavy atom. The zero-order chi connectivity index (χ0) is 18.6. The molecule has 0 saturated carbocycles. The van der Waals surface area contributed by atoms with Gasteiger partial charge in [-0.05, 0) is 50.8 Å². The molecule has 0 aromatic heterocycles. The maximum atomic E-state index is 12.7. The number of ether oxygens (including phenoxy) is 1. The fraction of sp³-hybridized carbons (Fsp3) is 0.579. The normalized spacial score (nSPS) is 20.1. The van der Waals surface area contributed by atoms with Crippen LogP contribution in [0.25, 0.3) is 0 Å². The van der Waals surface area contributed by atoms with E-state index in [4.69, 9.17) is 4.74 Å². The molecular weight excluding hydrogens is 318 g/mol. The van der Waals surface area contributed by atoms with Crippen LogP contribution >= 0.6 is 0 Å². The minimum atomic E-state index is -0.119. The van der Waals surface area contributed by atoms with E-state index in [0.29, 0.717) is 29.5 Å². The fourth-order valence-electron chi connectivity index (χ4n) is 3.10. The number of likely N-dealkylation sites (tertiary alicyclic amines) is 1. The summed E-state index contributed by atoms with van der Waals surface area (Å²) >= 11 is 0. The van der Waals surface area contributed by atoms with Crippen LogP contribution in [0.3, 0.4) is 0 Å². The second-order valence-corrected chi connectivity index (χ2v) is 6.83. The lowest BCUT2D eigenvalue weighted by molar-refractivity contribution is 0.0827. The van der Waals surface area contributed by atoms with E-state index in [-0.39, 0.29) is 18.0 Å². The fourth-order valence-corrected chi connectivity index (χ4v) is 3.10. The second kappa shape index (κ2) is 8.23. The lowest BCUT2D eigenvalue weighted by atomic mass is 9.92. The van der Waals surface area contributed by atoms with Gasteiger partial charge in [0.05, 0.1) is 12.3 Å². The van der Waals surface area contributed by atoms with Gasteiger partial charge in [-0.3, -0.25) is 4.79 Å². The summed E-state index contributed by atoms with van der Waals surface area (Å²) in [6.07, 6.45) is 2.17. The van der Waals surface area contributed by atoms with Crippen LogP contribution in [0.1, 0.15) is 44.0 Å². The van der Waals surface area contributed by atoms with E-state index < -0.39 is 0 Å². The van der Waals surface area contributed by atoms with Crippen LogP contribution in [0, 0.1) is 5.92 Å². The van der Waals surface area contributed by atoms with Gasteiger partial charge in [0.15, 0.2) is 0 Å². The van der Waals surface area contributed by atoms with Crippen molar-refractivity contribution in [2.45, 2.75) is 39.7 Å². The van der Waals surface area contributed by atoms with Gasteiger partial charge in [-0.15, -0.1) is 0 Å². The van der Waals surface area contributed by atoms with Gasteiger partial charge in [0, 0.05) is 32.2 Å². The van der Waals surface area contributed by atoms with E-state index in [1.54, 1.807) is 32.3 Å². The van der Waals surface area contributed by atoms with Crippen molar-refractivity contribution in [2.75, 3.05) is 32.6 Å². The molecule has 1 aromatic carbocycles. The van der Waals surface area contributed by atoms with Gasteiger partial charge < -0.3 is 19.9 Å². The molecule has 1 aliphatic rings. The zero-order valence-electron chi connectivity index (χ0n) is 15.8. The molecular formula is C19H29N3O3. The quantitative estimate of drug-likeness (QED) is 0.907. The number of nitrogens with zero attached hydrogens (tertiary/aromatic N) is 2. The first-order valence-corrected chi connectivity index (χ1v) is 8.91. The van der Waals surface area contributed by atoms with Gasteiger partial charge in [0.1, 0.15) is 5.75 Å². The number of urea groups is 1. The lowest BCUT2D eigenvalue weighted by Gasteiger charge is -2.37. The number of hydrogen-bond donors (Lipinski definition) is 1. The van der Waals surface area contributed by atoms with Crippen LogP contribution in [0.2, 0.25) is 0 Å². The van der Waals surface area contributed by atoms with E-state index in [2.05, 4.69) is 19.2 Å². The molecule has 1 N–H and O–H groups in total. The molecule has 2 rings (SSSR count). The number of benzene rings is 1. The summed E-state index contributed by atoms with van der Waals surface area (Å²) in [6.45, 7) is 7.36. The summed E-state index contributed by atoms with van der Waals surface area (Å²) in [6, 6.07) is 5.22. The van der Waals surface area contributed by atoms with Crippen molar-refractivity contribution in [1.29, 1.82) is 0 Å². The SMILES string of the molecule is CCOc1cc(C(=O)N(C)C)ccc1NC(=O)N1CCC[C@@H](C)[C@@H]1C. The second-order valence-electron chi connectivity index (χ2n) is 6.83. The van der Waals surface area contributed by atoms with Gasteiger partial charge in [0.25, 0.3) is 5.91 Å². The third kappa shape index (κ3) is 4.44. The highest BCUT2D eigenvalue weighted by molar-refractivity contribution is 5.96. The lowest BCUT2D eigenvalue weighted by Crippen LogP contribution is -2.47. The third-order valence-corrected chi connectivity index (χ3v) is 4.81. The Kier molecular flexibility index (Phi) is 6.28. The Bertz CT molecular complexity index is 630. The largest absolute Gasteiger partial charge is 0.492 e. The highest BCUT2D eigenvalue weighted by atomic mass is 16.5. The summed E-state index contributed by atoms with van der Waals surface area (Å²) in [4.78, 5) is 28.2. The van der Waals surface area contributed by atoms with Crippen molar-refractivity contribution in [3.63, 3.8) is 0 Å². The zero-order valence-corrected chi connectivity index (χ0v) is 15.8. The first-order chi connectivity index (χ1) is 11.8. The van der Waals surface area contributed by atoms with Gasteiger partial charge in [0.2, 0.25) is 0 Å². The first kappa shape index (κ1) is 19.1. The standard InChI is InChI=1S/C19H29N3O3/c1-6-25-17-12-15(18(23)21(4)5)9-10-16(17)20-19(24)22-11-7-8-13(2)14(22)3/h9-10,12-14H,6-8,11H2,1-5H3,(H,20,24)/t13-,14+/m1/s1. The Balaban J connectivity index is 2.20. The van der Waals surface area contributed by atoms with Gasteiger partial charge in [-0.1, -0.05) is 6.92 Å². The minimum Gasteiger partial charge on any atom is -0.492 e. The smallest absolute Gasteiger partial charge is 0.322 e. The highest BCUT2D eigenvalue weighted by Gasteiger charge is 2.28. The van der Waals surface area contributed by atoms with Crippen LogP contribution in [-0.2, 0) is 0 Å². The molecule has 3 amide bonds. The Hall–Kier alpha value is -2.24. The molecule has 1 fully saturated rings. The molecule has 0 spiro atoms. The number of carbonyl (C=O) groups is 2. The van der Waals surface area contributed by atoms with Crippen LogP contribution in [0.15, 0.2) is 18.2 Å². The monoisotopic (exact) mass is 347 g/mol. The van der Waals surface area contributed by atoms with Crippen molar-refractivity contribution in [3.8, 4) is 5.75 Å². The van der Waals surface area contributed by atoms with E-state index >= 15 is 0 Å². The van der Waals surface area contributed by atoms with Crippen LogP contribution in [0.4, 0.5) is 10.5 Å². The molecule has 25 heavy (non-hydrogen) atoms. The van der Waals surface area contributed by atoms with Gasteiger partial charge >= 0.3 is 6.03 Å². The molecule has 2 atom stereocenters. The molecule has 1 heterocycles. The number of carbonyl (C=O) groups excluding carboxylic acids is 2. The van der Waals surface area contributed by atoms with Gasteiger partial charge in [-0.25, -0.2) is 4.79 Å². The van der Waals surface area contributed by atoms with Crippen LogP contribution < -0.4 is 10.1 Å². The third-order valence-electron chi connectivity index (χ3n) is 4.81. The molecule has 0 unspecified atom stereocenters. The summed E-state index contributed by atoms with van der Waals surface area (Å²) in [5, 5.41) is 2.95. The number of rotatable bonds is 4. The van der Waals surface area contributed by atoms with E-state index in [9.17, 15) is 9.59 Å². The summed E-state index contributed by atoms with van der Waals surface area (Å²) in [5.74, 6) is 0.907. The molecule has 6 nitrogen and oxygen atoms in total. The Morgan fingerprint density at radius 1 is 1.32 bits per heavy atom. The highest BCUT2D eigenvalue weighted by Crippen LogP contribution is 2.29. The molecule has 0 bridgehead atoms. The van der Waals surface area contributed by atoms with E-state index in [0.717, 1.165) is 19.4 Å². The predicted molar refractivity (Wildman–Crippen MR) is 99.2 cm³/mol. The molecule has 138 valence electrons. The molecule has 1 aliphatic heterocycles. The summed E-state index contributed by atoms with van der Waals surface area (Å²) in [7, 11) is 3.41. The van der Waals surface area contributed by atoms with E-state index in [1.807, 2.05) is 11.8 Å². The van der Waals surface area contributed by atoms with Crippen molar-refractivity contribution >= 4 is 17.6 Å². The average Bonchev–Trinajstić information content (AvgIpc) is 2.58. The van der Waals surface area contributed by atoms with Gasteiger partial charge in [-0.2, -0.15) is 0 Å². The Morgan fingerprint density at radius 2 is 2.04 bits per heavy atom. The molecule has 0 aliphatic carbocycles. The number of hydrogen-bond acceptors (Lipinski definition) is 3. The minimum absolute atomic E-state index is 0.0997. The molecule has 0 radical (unpaired) electrons. The topological polar surface area (TPSA) is 61.9 Å². The Labute approximate surface area is 150 Å². The average molecular weight is 347 g/mol. The molecule has 1 saturated heterocycles. The maximum Gasteiger partial charge on any atom is 0.322 e. The van der Waals surface area contributed by atoms with Crippen molar-refractivity contribution in [3.05, 3.63) is 23.8 Å². The number of anilines is 1. The van der Waals surface area contributed by atoms with E-state index in [1.165, 1.54) is 4.90 Å². The van der Waals surface area contributed by atoms with Crippen LogP contribution in [0.5, 0.6) is 5.75 Å². The van der Waals surface area contributed by atoms with Crippen molar-refractivity contribution < 1.29 is 14.3 Å². The maximum absolute atomic E-state index is 12.7. The predicted octanol–water partition coefficient (Wildman–Crippen LogP) is 3.44. The summed E-state index contributed by atoms with van der Waals surface area (Å²) < 4.78 is 5.64. The molecule has 1 aromatic rings. The number of piperidine rings is 1.